The molecule has 3 N–H and O–H groups in total. The monoisotopic (exact) mass is 289 g/mol. The van der Waals surface area contributed by atoms with E-state index in [2.05, 4.69) is 10.3 Å². The average molecular weight is 289 g/mol. The van der Waals surface area contributed by atoms with Crippen molar-refractivity contribution in [2.45, 2.75) is 19.4 Å². The fourth-order valence-corrected chi connectivity index (χ4v) is 2.36. The maximum Gasteiger partial charge on any atom is 0.127 e. The second-order valence-electron chi connectivity index (χ2n) is 5.38. The lowest BCUT2D eigenvalue weighted by atomic mass is 10.1. The molecule has 0 bridgehead atoms. The van der Waals surface area contributed by atoms with Gasteiger partial charge in [0.15, 0.2) is 0 Å². The van der Waals surface area contributed by atoms with Gasteiger partial charge in [-0.2, -0.15) is 0 Å². The summed E-state index contributed by atoms with van der Waals surface area (Å²) in [4.78, 5) is 4.98. The molecular formula is C15H19N3OS. The van der Waals surface area contributed by atoms with Crippen molar-refractivity contribution in [2.24, 2.45) is 5.73 Å². The number of hydrogen-bond donors (Lipinski definition) is 2. The van der Waals surface area contributed by atoms with Crippen LogP contribution in [0.4, 0.5) is 5.82 Å². The number of hydrogen-bond acceptors (Lipinski definition) is 4. The van der Waals surface area contributed by atoms with Crippen molar-refractivity contribution in [3.63, 3.8) is 0 Å². The van der Waals surface area contributed by atoms with Crippen molar-refractivity contribution in [1.82, 2.24) is 4.98 Å². The summed E-state index contributed by atoms with van der Waals surface area (Å²) in [6.45, 7) is 4.67. The molecule has 0 amide bonds. The van der Waals surface area contributed by atoms with Crippen molar-refractivity contribution in [3.05, 3.63) is 35.9 Å². The minimum Gasteiger partial charge on any atom is -0.389 e. The molecule has 0 aliphatic carbocycles. The molecule has 0 saturated carbocycles. The van der Waals surface area contributed by atoms with Crippen molar-refractivity contribution in [1.29, 1.82) is 0 Å². The summed E-state index contributed by atoms with van der Waals surface area (Å²) in [5, 5.41) is 4.32. The topological polar surface area (TPSA) is 60.2 Å². The molecule has 20 heavy (non-hydrogen) atoms. The second kappa shape index (κ2) is 5.73. The molecule has 4 nitrogen and oxygen atoms in total. The Labute approximate surface area is 124 Å². The van der Waals surface area contributed by atoms with Gasteiger partial charge in [-0.25, -0.2) is 4.98 Å². The molecule has 0 aliphatic heterocycles. The minimum atomic E-state index is -0.225. The molecule has 0 unspecified atom stereocenters. The highest BCUT2D eigenvalue weighted by molar-refractivity contribution is 7.80. The van der Waals surface area contributed by atoms with Gasteiger partial charge in [-0.05, 0) is 26.0 Å². The first-order valence-electron chi connectivity index (χ1n) is 6.40. The standard InChI is InChI=1S/C15H19N3OS/c1-15(2,9-19-3)18-13-8-11(14(16)20)10-6-4-5-7-12(10)17-13/h4-8H,9H2,1-3H3,(H2,16,20)(H,17,18). The Morgan fingerprint density at radius 3 is 2.75 bits per heavy atom. The first-order chi connectivity index (χ1) is 9.43. The van der Waals surface area contributed by atoms with Crippen LogP contribution in [-0.4, -0.2) is 29.2 Å². The van der Waals surface area contributed by atoms with Gasteiger partial charge >= 0.3 is 0 Å². The number of ether oxygens (including phenoxy) is 1. The zero-order valence-corrected chi connectivity index (χ0v) is 12.8. The smallest absolute Gasteiger partial charge is 0.127 e. The zero-order chi connectivity index (χ0) is 14.8. The molecule has 1 heterocycles. The Bertz CT molecular complexity index is 640. The Morgan fingerprint density at radius 2 is 2.10 bits per heavy atom. The zero-order valence-electron chi connectivity index (χ0n) is 11.9. The van der Waals surface area contributed by atoms with E-state index >= 15 is 0 Å². The van der Waals surface area contributed by atoms with Crippen LogP contribution in [0.15, 0.2) is 30.3 Å². The third-order valence-corrected chi connectivity index (χ3v) is 3.17. The molecule has 5 heteroatoms. The number of benzene rings is 1. The number of aromatic nitrogens is 1. The highest BCUT2D eigenvalue weighted by atomic mass is 32.1. The molecule has 106 valence electrons. The average Bonchev–Trinajstić information content (AvgIpc) is 2.36. The molecule has 0 atom stereocenters. The van der Waals surface area contributed by atoms with Crippen molar-refractivity contribution < 1.29 is 4.74 Å². The maximum absolute atomic E-state index is 5.82. The minimum absolute atomic E-state index is 0.225. The third kappa shape index (κ3) is 3.23. The van der Waals surface area contributed by atoms with E-state index in [1.165, 1.54) is 0 Å². The number of nitrogens with two attached hydrogens (primary N) is 1. The van der Waals surface area contributed by atoms with Crippen molar-refractivity contribution >= 4 is 33.9 Å². The Hall–Kier alpha value is -1.72. The molecule has 0 aliphatic rings. The first kappa shape index (κ1) is 14.7. The van der Waals surface area contributed by atoms with Crippen LogP contribution in [0, 0.1) is 0 Å². The van der Waals surface area contributed by atoms with E-state index in [0.717, 1.165) is 22.3 Å². The first-order valence-corrected chi connectivity index (χ1v) is 6.80. The van der Waals surface area contributed by atoms with E-state index in [1.807, 2.05) is 44.2 Å². The lowest BCUT2D eigenvalue weighted by Crippen LogP contribution is -2.36. The lowest BCUT2D eigenvalue weighted by molar-refractivity contribution is 0.158. The van der Waals surface area contributed by atoms with Crippen LogP contribution < -0.4 is 11.1 Å². The molecule has 0 radical (unpaired) electrons. The number of pyridine rings is 1. The second-order valence-corrected chi connectivity index (χ2v) is 5.82. The SMILES string of the molecule is COCC(C)(C)Nc1cc(C(N)=S)c2ccccc2n1. The lowest BCUT2D eigenvalue weighted by Gasteiger charge is -2.26. The number of nitrogens with zero attached hydrogens (tertiary/aromatic N) is 1. The van der Waals surface area contributed by atoms with Crippen molar-refractivity contribution in [3.8, 4) is 0 Å². The fourth-order valence-electron chi connectivity index (χ4n) is 2.19. The maximum atomic E-state index is 5.82. The van der Waals surface area contributed by atoms with Gasteiger partial charge in [0, 0.05) is 18.1 Å². The number of fused-ring (bicyclic) bond motifs is 1. The van der Waals surface area contributed by atoms with Gasteiger partial charge in [0.25, 0.3) is 0 Å². The highest BCUT2D eigenvalue weighted by Gasteiger charge is 2.18. The predicted molar refractivity (Wildman–Crippen MR) is 87.2 cm³/mol. The predicted octanol–water partition coefficient (Wildman–Crippen LogP) is 2.71. The number of rotatable bonds is 5. The summed E-state index contributed by atoms with van der Waals surface area (Å²) >= 11 is 5.14. The van der Waals surface area contributed by atoms with E-state index in [9.17, 15) is 0 Å². The number of para-hydroxylation sites is 1. The van der Waals surface area contributed by atoms with Crippen LogP contribution in [0.2, 0.25) is 0 Å². The van der Waals surface area contributed by atoms with Gasteiger partial charge < -0.3 is 15.8 Å². The van der Waals surface area contributed by atoms with Gasteiger partial charge in [0.05, 0.1) is 17.7 Å². The van der Waals surface area contributed by atoms with Crippen LogP contribution in [0.5, 0.6) is 0 Å². The van der Waals surface area contributed by atoms with E-state index < -0.39 is 0 Å². The highest BCUT2D eigenvalue weighted by Crippen LogP contribution is 2.22. The van der Waals surface area contributed by atoms with E-state index in [4.69, 9.17) is 22.7 Å². The Kier molecular flexibility index (Phi) is 4.20. The van der Waals surface area contributed by atoms with Crippen LogP contribution in [0.3, 0.4) is 0 Å². The van der Waals surface area contributed by atoms with Gasteiger partial charge in [-0.3, -0.25) is 0 Å². The Balaban J connectivity index is 2.48. The summed E-state index contributed by atoms with van der Waals surface area (Å²) < 4.78 is 5.20. The number of methoxy groups -OCH3 is 1. The molecule has 0 saturated heterocycles. The van der Waals surface area contributed by atoms with E-state index in [0.29, 0.717) is 11.6 Å². The van der Waals surface area contributed by atoms with Gasteiger partial charge in [-0.1, -0.05) is 30.4 Å². The largest absolute Gasteiger partial charge is 0.389 e. The summed E-state index contributed by atoms with van der Waals surface area (Å²) in [6, 6.07) is 9.71. The summed E-state index contributed by atoms with van der Waals surface area (Å²) in [5.41, 5.74) is 7.30. The molecule has 0 spiro atoms. The van der Waals surface area contributed by atoms with E-state index in [1.54, 1.807) is 7.11 Å². The van der Waals surface area contributed by atoms with Gasteiger partial charge in [-0.15, -0.1) is 0 Å². The number of thiocarbonyl (C=S) groups is 1. The molecule has 1 aromatic heterocycles. The van der Waals surface area contributed by atoms with Crippen LogP contribution in [0.1, 0.15) is 19.4 Å². The molecule has 2 rings (SSSR count). The molecule has 1 aromatic carbocycles. The van der Waals surface area contributed by atoms with Crippen LogP contribution >= 0.6 is 12.2 Å². The molecular weight excluding hydrogens is 270 g/mol. The summed E-state index contributed by atoms with van der Waals surface area (Å²) in [7, 11) is 1.68. The fraction of sp³-hybridized carbons (Fsp3) is 0.333. The van der Waals surface area contributed by atoms with Crippen LogP contribution in [0.25, 0.3) is 10.9 Å². The van der Waals surface area contributed by atoms with Gasteiger partial charge in [0.1, 0.15) is 10.8 Å². The molecule has 2 aromatic rings. The van der Waals surface area contributed by atoms with Crippen LogP contribution in [-0.2, 0) is 4.74 Å². The Morgan fingerprint density at radius 1 is 1.40 bits per heavy atom. The van der Waals surface area contributed by atoms with E-state index in [-0.39, 0.29) is 5.54 Å². The quantitative estimate of drug-likeness (QED) is 0.829. The van der Waals surface area contributed by atoms with Crippen molar-refractivity contribution in [2.75, 3.05) is 19.0 Å². The molecule has 0 fully saturated rings. The summed E-state index contributed by atoms with van der Waals surface area (Å²) in [6.07, 6.45) is 0. The number of anilines is 1. The van der Waals surface area contributed by atoms with Gasteiger partial charge in [0.2, 0.25) is 0 Å². The normalized spacial score (nSPS) is 11.6. The summed E-state index contributed by atoms with van der Waals surface area (Å²) in [5.74, 6) is 0.744. The number of nitrogens with one attached hydrogen (secondary N) is 1. The third-order valence-electron chi connectivity index (χ3n) is 2.95.